The Kier molecular flexibility index (Phi) is 7.37. The summed E-state index contributed by atoms with van der Waals surface area (Å²) in [6.45, 7) is 3.70. The minimum absolute atomic E-state index is 0.155. The number of ether oxygens (including phenoxy) is 1. The molecule has 128 valence electrons. The molecule has 8 heteroatoms. The van der Waals surface area contributed by atoms with Crippen molar-refractivity contribution < 1.29 is 27.5 Å². The van der Waals surface area contributed by atoms with Crippen molar-refractivity contribution in [2.75, 3.05) is 11.9 Å². The fraction of sp³-hybridized carbons (Fsp3) is 0.467. The maximum atomic E-state index is 13.5. The lowest BCUT2D eigenvalue weighted by Crippen LogP contribution is -2.44. The predicted octanol–water partition coefficient (Wildman–Crippen LogP) is 3.35. The first kappa shape index (κ1) is 18.8. The summed E-state index contributed by atoms with van der Waals surface area (Å²) >= 11 is 0. The molecule has 0 radical (unpaired) electrons. The molecule has 0 spiro atoms. The quantitative estimate of drug-likeness (QED) is 0.594. The summed E-state index contributed by atoms with van der Waals surface area (Å²) in [4.78, 5) is 23.6. The number of halogens is 3. The molecule has 0 heterocycles. The number of nitrogens with one attached hydrogen (secondary N) is 2. The van der Waals surface area contributed by atoms with Crippen LogP contribution in [0.2, 0.25) is 0 Å². The van der Waals surface area contributed by atoms with Crippen LogP contribution in [0, 0.1) is 17.5 Å². The van der Waals surface area contributed by atoms with Crippen molar-refractivity contribution >= 4 is 17.7 Å². The van der Waals surface area contributed by atoms with Gasteiger partial charge in [0.25, 0.3) is 0 Å². The summed E-state index contributed by atoms with van der Waals surface area (Å²) in [5, 5.41) is 4.38. The van der Waals surface area contributed by atoms with Crippen LogP contribution in [-0.2, 0) is 9.53 Å². The Hall–Kier alpha value is -2.25. The van der Waals surface area contributed by atoms with Crippen molar-refractivity contribution in [3.8, 4) is 0 Å². The number of benzene rings is 1. The van der Waals surface area contributed by atoms with E-state index in [1.807, 2.05) is 12.2 Å². The van der Waals surface area contributed by atoms with E-state index in [1.54, 1.807) is 6.92 Å². The lowest BCUT2D eigenvalue weighted by atomic mass is 10.1. The molecular weight excluding hydrogens is 313 g/mol. The van der Waals surface area contributed by atoms with Gasteiger partial charge in [0.1, 0.15) is 6.04 Å². The maximum Gasteiger partial charge on any atom is 0.328 e. The van der Waals surface area contributed by atoms with Gasteiger partial charge in [-0.3, -0.25) is 0 Å². The van der Waals surface area contributed by atoms with Gasteiger partial charge >= 0.3 is 12.0 Å². The van der Waals surface area contributed by atoms with Crippen LogP contribution < -0.4 is 10.6 Å². The van der Waals surface area contributed by atoms with Crippen LogP contribution in [0.15, 0.2) is 12.1 Å². The van der Waals surface area contributed by atoms with E-state index in [2.05, 4.69) is 5.32 Å². The van der Waals surface area contributed by atoms with Gasteiger partial charge in [0.15, 0.2) is 17.5 Å². The molecule has 1 rings (SSSR count). The Labute approximate surface area is 132 Å². The third-order valence-corrected chi connectivity index (χ3v) is 3.01. The number of amides is 2. The molecule has 0 saturated heterocycles. The molecule has 0 bridgehead atoms. The minimum Gasteiger partial charge on any atom is -0.464 e. The van der Waals surface area contributed by atoms with Crippen molar-refractivity contribution in [1.29, 1.82) is 0 Å². The van der Waals surface area contributed by atoms with Gasteiger partial charge in [-0.25, -0.2) is 22.8 Å². The number of urea groups is 1. The van der Waals surface area contributed by atoms with Crippen LogP contribution in [-0.4, -0.2) is 24.6 Å². The fourth-order valence-corrected chi connectivity index (χ4v) is 1.84. The molecule has 0 fully saturated rings. The van der Waals surface area contributed by atoms with E-state index < -0.39 is 41.2 Å². The minimum atomic E-state index is -1.68. The Bertz CT molecular complexity index is 567. The number of carbonyl (C=O) groups is 2. The number of hydrogen-bond acceptors (Lipinski definition) is 3. The molecule has 1 unspecified atom stereocenters. The first-order valence-electron chi connectivity index (χ1n) is 7.28. The molecule has 2 amide bonds. The monoisotopic (exact) mass is 332 g/mol. The Morgan fingerprint density at radius 2 is 1.87 bits per heavy atom. The van der Waals surface area contributed by atoms with Gasteiger partial charge in [0.2, 0.25) is 0 Å². The molecule has 5 nitrogen and oxygen atoms in total. The normalized spacial score (nSPS) is 11.7. The Balaban J connectivity index is 2.75. The van der Waals surface area contributed by atoms with Crippen LogP contribution in [0.5, 0.6) is 0 Å². The summed E-state index contributed by atoms with van der Waals surface area (Å²) in [7, 11) is 0. The number of esters is 1. The van der Waals surface area contributed by atoms with E-state index in [0.29, 0.717) is 18.9 Å². The lowest BCUT2D eigenvalue weighted by molar-refractivity contribution is -0.145. The number of anilines is 1. The van der Waals surface area contributed by atoms with E-state index in [4.69, 9.17) is 4.74 Å². The largest absolute Gasteiger partial charge is 0.464 e. The molecule has 0 aliphatic heterocycles. The number of carbonyl (C=O) groups excluding carboxylic acids is 2. The molecule has 0 aliphatic rings. The summed E-state index contributed by atoms with van der Waals surface area (Å²) in [6.07, 6.45) is 1.82. The smallest absolute Gasteiger partial charge is 0.328 e. The summed E-state index contributed by atoms with van der Waals surface area (Å²) in [5.74, 6) is -5.17. The summed E-state index contributed by atoms with van der Waals surface area (Å²) in [5.41, 5.74) is -0.528. The van der Waals surface area contributed by atoms with Gasteiger partial charge < -0.3 is 15.4 Å². The van der Waals surface area contributed by atoms with Crippen molar-refractivity contribution in [3.05, 3.63) is 29.6 Å². The first-order chi connectivity index (χ1) is 10.9. The second-order valence-corrected chi connectivity index (χ2v) is 4.77. The van der Waals surface area contributed by atoms with Crippen LogP contribution >= 0.6 is 0 Å². The highest BCUT2D eigenvalue weighted by molar-refractivity contribution is 5.92. The van der Waals surface area contributed by atoms with Gasteiger partial charge in [-0.15, -0.1) is 0 Å². The number of unbranched alkanes of at least 4 members (excludes halogenated alkanes) is 1. The van der Waals surface area contributed by atoms with Gasteiger partial charge in [0.05, 0.1) is 12.3 Å². The molecule has 0 aliphatic carbocycles. The molecule has 0 saturated carbocycles. The molecule has 1 aromatic rings. The molecular formula is C15H19F3N2O3. The zero-order chi connectivity index (χ0) is 17.4. The van der Waals surface area contributed by atoms with E-state index in [-0.39, 0.29) is 6.61 Å². The number of rotatable bonds is 7. The summed E-state index contributed by atoms with van der Waals surface area (Å²) < 4.78 is 44.3. The first-order valence-corrected chi connectivity index (χ1v) is 7.28. The van der Waals surface area contributed by atoms with Gasteiger partial charge in [-0.1, -0.05) is 19.8 Å². The topological polar surface area (TPSA) is 67.4 Å². The molecule has 2 N–H and O–H groups in total. The van der Waals surface area contributed by atoms with Crippen LogP contribution in [0.1, 0.15) is 33.1 Å². The highest BCUT2D eigenvalue weighted by Crippen LogP contribution is 2.19. The van der Waals surface area contributed by atoms with E-state index >= 15 is 0 Å². The molecule has 23 heavy (non-hydrogen) atoms. The van der Waals surface area contributed by atoms with E-state index in [9.17, 15) is 22.8 Å². The second-order valence-electron chi connectivity index (χ2n) is 4.77. The van der Waals surface area contributed by atoms with Gasteiger partial charge in [0, 0.05) is 0 Å². The lowest BCUT2D eigenvalue weighted by Gasteiger charge is -2.17. The number of hydrogen-bond donors (Lipinski definition) is 2. The second kappa shape index (κ2) is 9.02. The zero-order valence-corrected chi connectivity index (χ0v) is 12.9. The van der Waals surface area contributed by atoms with Crippen molar-refractivity contribution in [2.45, 2.75) is 39.2 Å². The van der Waals surface area contributed by atoms with E-state index in [1.165, 1.54) is 0 Å². The van der Waals surface area contributed by atoms with Crippen LogP contribution in [0.3, 0.4) is 0 Å². The maximum absolute atomic E-state index is 13.5. The predicted molar refractivity (Wildman–Crippen MR) is 78.4 cm³/mol. The average molecular weight is 332 g/mol. The van der Waals surface area contributed by atoms with Gasteiger partial charge in [-0.2, -0.15) is 0 Å². The highest BCUT2D eigenvalue weighted by Gasteiger charge is 2.22. The average Bonchev–Trinajstić information content (AvgIpc) is 2.52. The van der Waals surface area contributed by atoms with E-state index in [0.717, 1.165) is 12.5 Å². The summed E-state index contributed by atoms with van der Waals surface area (Å²) in [6, 6.07) is -0.237. The van der Waals surface area contributed by atoms with Crippen molar-refractivity contribution in [1.82, 2.24) is 5.32 Å². The Morgan fingerprint density at radius 1 is 1.17 bits per heavy atom. The van der Waals surface area contributed by atoms with Crippen LogP contribution in [0.25, 0.3) is 0 Å². The zero-order valence-electron chi connectivity index (χ0n) is 12.9. The molecule has 0 aromatic heterocycles. The SMILES string of the molecule is CCCCC(NC(=O)Nc1ccc(F)c(F)c1F)C(=O)OCC. The Morgan fingerprint density at radius 3 is 2.48 bits per heavy atom. The standard InChI is InChI=1S/C15H19F3N2O3/c1-3-5-6-11(14(21)23-4-2)20-15(22)19-10-8-7-9(16)12(17)13(10)18/h7-8,11H,3-6H2,1-2H3,(H2,19,20,22). The molecule has 1 atom stereocenters. The van der Waals surface area contributed by atoms with Crippen molar-refractivity contribution in [2.24, 2.45) is 0 Å². The van der Waals surface area contributed by atoms with Crippen LogP contribution in [0.4, 0.5) is 23.7 Å². The van der Waals surface area contributed by atoms with Crippen molar-refractivity contribution in [3.63, 3.8) is 0 Å². The third kappa shape index (κ3) is 5.46. The highest BCUT2D eigenvalue weighted by atomic mass is 19.2. The van der Waals surface area contributed by atoms with Gasteiger partial charge in [-0.05, 0) is 25.5 Å². The molecule has 1 aromatic carbocycles. The fourth-order valence-electron chi connectivity index (χ4n) is 1.84. The third-order valence-electron chi connectivity index (χ3n) is 3.01.